The summed E-state index contributed by atoms with van der Waals surface area (Å²) in [6.45, 7) is 0.376. The minimum Gasteiger partial charge on any atom is -0.478 e. The molecule has 0 saturated carbocycles. The molecule has 0 radical (unpaired) electrons. The van der Waals surface area contributed by atoms with Crippen LogP contribution in [0.25, 0.3) is 0 Å². The van der Waals surface area contributed by atoms with E-state index in [1.165, 1.54) is 6.08 Å². The second kappa shape index (κ2) is 1.37. The number of allylic oxidation sites excluding steroid dienone is 1. The monoisotopic (exact) mass is 123 g/mol. The number of nitrogens with zero attached hydrogens (tertiary/aromatic N) is 1. The number of rotatable bonds is 0. The van der Waals surface area contributed by atoms with Crippen molar-refractivity contribution in [2.75, 3.05) is 6.73 Å². The first-order chi connectivity index (χ1) is 4.38. The van der Waals surface area contributed by atoms with Crippen molar-refractivity contribution >= 4 is 5.91 Å². The average Bonchev–Trinajstić information content (AvgIpc) is 2.35. The van der Waals surface area contributed by atoms with Gasteiger partial charge in [0.1, 0.15) is 6.26 Å². The number of fused-ring (bicyclic) bond motifs is 1. The van der Waals surface area contributed by atoms with Crippen molar-refractivity contribution in [3.63, 3.8) is 0 Å². The quantitative estimate of drug-likeness (QED) is 0.461. The van der Waals surface area contributed by atoms with Crippen molar-refractivity contribution in [3.8, 4) is 0 Å². The molecule has 2 rings (SSSR count). The lowest BCUT2D eigenvalue weighted by atomic mass is 10.5. The van der Waals surface area contributed by atoms with Crippen LogP contribution in [-0.4, -0.2) is 17.5 Å². The van der Waals surface area contributed by atoms with Crippen LogP contribution in [0, 0.1) is 0 Å². The highest BCUT2D eigenvalue weighted by Gasteiger charge is 2.24. The maximum atomic E-state index is 10.8. The van der Waals surface area contributed by atoms with Crippen LogP contribution in [0.15, 0.2) is 24.1 Å². The van der Waals surface area contributed by atoms with E-state index in [4.69, 9.17) is 4.74 Å². The summed E-state index contributed by atoms with van der Waals surface area (Å²) in [6, 6.07) is 0. The molecule has 2 heterocycles. The molecular formula is C6H5NO2. The van der Waals surface area contributed by atoms with Gasteiger partial charge in [0.2, 0.25) is 0 Å². The van der Waals surface area contributed by atoms with Crippen molar-refractivity contribution in [2.24, 2.45) is 0 Å². The van der Waals surface area contributed by atoms with E-state index >= 15 is 0 Å². The summed E-state index contributed by atoms with van der Waals surface area (Å²) in [6.07, 6.45) is 4.87. The lowest BCUT2D eigenvalue weighted by molar-refractivity contribution is -0.124. The highest BCUT2D eigenvalue weighted by atomic mass is 16.5. The van der Waals surface area contributed by atoms with Crippen LogP contribution in [0.2, 0.25) is 0 Å². The number of carbonyl (C=O) groups is 1. The Hall–Kier alpha value is -1.25. The first-order valence-electron chi connectivity index (χ1n) is 2.69. The van der Waals surface area contributed by atoms with E-state index in [2.05, 4.69) is 0 Å². The van der Waals surface area contributed by atoms with Gasteiger partial charge >= 0.3 is 0 Å². The predicted octanol–water partition coefficient (Wildman–Crippen LogP) is 0.214. The molecule has 0 aromatic heterocycles. The van der Waals surface area contributed by atoms with Crippen molar-refractivity contribution < 1.29 is 9.53 Å². The second-order valence-corrected chi connectivity index (χ2v) is 1.94. The third-order valence-electron chi connectivity index (χ3n) is 1.38. The molecule has 0 fully saturated rings. The second-order valence-electron chi connectivity index (χ2n) is 1.94. The fourth-order valence-corrected chi connectivity index (χ4v) is 0.902. The number of ether oxygens (including phenoxy) is 1. The number of amides is 1. The van der Waals surface area contributed by atoms with E-state index in [0.717, 1.165) is 5.70 Å². The standard InChI is InChI=1S/C6H5NO2/c8-6-2-1-5-3-9-4-7(5)6/h1-3H,4H2. The lowest BCUT2D eigenvalue weighted by Crippen LogP contribution is -2.21. The minimum atomic E-state index is 0.0127. The Morgan fingerprint density at radius 2 is 2.44 bits per heavy atom. The molecule has 3 nitrogen and oxygen atoms in total. The predicted molar refractivity (Wildman–Crippen MR) is 30.0 cm³/mol. The maximum absolute atomic E-state index is 10.8. The van der Waals surface area contributed by atoms with Gasteiger partial charge in [0.15, 0.2) is 6.73 Å². The molecule has 0 aromatic rings. The van der Waals surface area contributed by atoms with Crippen LogP contribution in [0.1, 0.15) is 0 Å². The third kappa shape index (κ3) is 0.483. The molecule has 46 valence electrons. The normalized spacial score (nSPS) is 22.0. The summed E-state index contributed by atoms with van der Waals surface area (Å²) in [4.78, 5) is 12.3. The van der Waals surface area contributed by atoms with Crippen molar-refractivity contribution in [1.29, 1.82) is 0 Å². The summed E-state index contributed by atoms with van der Waals surface area (Å²) < 4.78 is 4.87. The molecular weight excluding hydrogens is 118 g/mol. The van der Waals surface area contributed by atoms with Crippen LogP contribution in [0.4, 0.5) is 0 Å². The average molecular weight is 123 g/mol. The molecule has 0 unspecified atom stereocenters. The van der Waals surface area contributed by atoms with Crippen LogP contribution in [-0.2, 0) is 9.53 Å². The fraction of sp³-hybridized carbons (Fsp3) is 0.167. The molecule has 1 amide bonds. The summed E-state index contributed by atoms with van der Waals surface area (Å²) >= 11 is 0. The van der Waals surface area contributed by atoms with Crippen LogP contribution in [0.5, 0.6) is 0 Å². The van der Waals surface area contributed by atoms with Gasteiger partial charge in [-0.25, -0.2) is 0 Å². The van der Waals surface area contributed by atoms with Gasteiger partial charge < -0.3 is 4.74 Å². The first-order valence-corrected chi connectivity index (χ1v) is 2.69. The smallest absolute Gasteiger partial charge is 0.253 e. The molecule has 9 heavy (non-hydrogen) atoms. The molecule has 0 N–H and O–H groups in total. The zero-order valence-electron chi connectivity index (χ0n) is 4.70. The van der Waals surface area contributed by atoms with E-state index < -0.39 is 0 Å². The molecule has 2 aliphatic heterocycles. The van der Waals surface area contributed by atoms with E-state index in [9.17, 15) is 4.79 Å². The lowest BCUT2D eigenvalue weighted by Gasteiger charge is -2.06. The van der Waals surface area contributed by atoms with Crippen molar-refractivity contribution in [1.82, 2.24) is 4.90 Å². The van der Waals surface area contributed by atoms with Gasteiger partial charge in [-0.1, -0.05) is 0 Å². The third-order valence-corrected chi connectivity index (χ3v) is 1.38. The van der Waals surface area contributed by atoms with Gasteiger partial charge in [0, 0.05) is 6.08 Å². The summed E-state index contributed by atoms with van der Waals surface area (Å²) in [7, 11) is 0. The molecule has 0 bridgehead atoms. The first kappa shape index (κ1) is 4.61. The highest BCUT2D eigenvalue weighted by Crippen LogP contribution is 2.19. The zero-order chi connectivity index (χ0) is 6.27. The van der Waals surface area contributed by atoms with Crippen molar-refractivity contribution in [2.45, 2.75) is 0 Å². The number of hydrogen-bond donors (Lipinski definition) is 0. The number of carbonyl (C=O) groups excluding carboxylic acids is 1. The van der Waals surface area contributed by atoms with Gasteiger partial charge in [-0.2, -0.15) is 0 Å². The van der Waals surface area contributed by atoms with Crippen molar-refractivity contribution in [3.05, 3.63) is 24.1 Å². The highest BCUT2D eigenvalue weighted by molar-refractivity contribution is 5.93. The van der Waals surface area contributed by atoms with Crippen LogP contribution in [0.3, 0.4) is 0 Å². The van der Waals surface area contributed by atoms with E-state index in [1.54, 1.807) is 17.2 Å². The van der Waals surface area contributed by atoms with Crippen LogP contribution < -0.4 is 0 Å². The molecule has 3 heteroatoms. The molecule has 0 saturated heterocycles. The van der Waals surface area contributed by atoms with Gasteiger partial charge in [-0.05, 0) is 6.08 Å². The summed E-state index contributed by atoms with van der Waals surface area (Å²) in [5.74, 6) is 0.0127. The Bertz CT molecular complexity index is 214. The minimum absolute atomic E-state index is 0.0127. The molecule has 0 aromatic carbocycles. The Morgan fingerprint density at radius 3 is 3.22 bits per heavy atom. The van der Waals surface area contributed by atoms with Gasteiger partial charge in [0.25, 0.3) is 5.91 Å². The van der Waals surface area contributed by atoms with E-state index in [1.807, 2.05) is 0 Å². The summed E-state index contributed by atoms with van der Waals surface area (Å²) in [5, 5.41) is 0. The van der Waals surface area contributed by atoms with Gasteiger partial charge in [0.05, 0.1) is 5.70 Å². The Kier molecular flexibility index (Phi) is 0.704. The number of hydrogen-bond acceptors (Lipinski definition) is 2. The Labute approximate surface area is 52.2 Å². The van der Waals surface area contributed by atoms with Crippen LogP contribution >= 0.6 is 0 Å². The fourth-order valence-electron chi connectivity index (χ4n) is 0.902. The maximum Gasteiger partial charge on any atom is 0.253 e. The molecule has 2 aliphatic rings. The molecule has 0 atom stereocenters. The summed E-state index contributed by atoms with van der Waals surface area (Å²) in [5.41, 5.74) is 0.861. The van der Waals surface area contributed by atoms with E-state index in [-0.39, 0.29) is 5.91 Å². The Morgan fingerprint density at radius 1 is 1.56 bits per heavy atom. The largest absolute Gasteiger partial charge is 0.478 e. The van der Waals surface area contributed by atoms with E-state index in [0.29, 0.717) is 6.73 Å². The Balaban J connectivity index is 2.39. The SMILES string of the molecule is O=C1C=CC2=COCN12. The zero-order valence-corrected chi connectivity index (χ0v) is 4.70. The molecule has 0 spiro atoms. The van der Waals surface area contributed by atoms with Gasteiger partial charge in [-0.15, -0.1) is 0 Å². The molecule has 0 aliphatic carbocycles. The van der Waals surface area contributed by atoms with Gasteiger partial charge in [-0.3, -0.25) is 9.69 Å². The topological polar surface area (TPSA) is 29.5 Å².